The van der Waals surface area contributed by atoms with Gasteiger partial charge in [0.1, 0.15) is 0 Å². The number of thioether (sulfide) groups is 1. The Hall–Kier alpha value is -0.220. The average molecular weight is 288 g/mol. The summed E-state index contributed by atoms with van der Waals surface area (Å²) in [6, 6.07) is 8.46. The lowest BCUT2D eigenvalue weighted by atomic mass is 10.1. The number of hydrogen-bond acceptors (Lipinski definition) is 3. The zero-order valence-corrected chi connectivity index (χ0v) is 12.4. The standard InChI is InChI=1S/C14H22ClNOS/c1-2-14(12-4-6-13(15)7-5-12)16-8-11-18-10-3-9-17/h4-7,14,16-17H,2-3,8-11H2,1H3. The largest absolute Gasteiger partial charge is 0.396 e. The highest BCUT2D eigenvalue weighted by molar-refractivity contribution is 7.99. The van der Waals surface area contributed by atoms with Gasteiger partial charge < -0.3 is 10.4 Å². The van der Waals surface area contributed by atoms with Gasteiger partial charge in [0, 0.05) is 30.0 Å². The third kappa shape index (κ3) is 6.10. The summed E-state index contributed by atoms with van der Waals surface area (Å²) in [5.74, 6) is 2.13. The highest BCUT2D eigenvalue weighted by Crippen LogP contribution is 2.19. The third-order valence-corrected chi connectivity index (χ3v) is 4.09. The zero-order chi connectivity index (χ0) is 13.2. The van der Waals surface area contributed by atoms with Crippen molar-refractivity contribution in [3.05, 3.63) is 34.9 Å². The average Bonchev–Trinajstić information content (AvgIpc) is 2.39. The number of halogens is 1. The molecule has 0 heterocycles. The summed E-state index contributed by atoms with van der Waals surface area (Å²) in [5.41, 5.74) is 1.29. The predicted molar refractivity (Wildman–Crippen MR) is 81.5 cm³/mol. The molecule has 0 radical (unpaired) electrons. The minimum absolute atomic E-state index is 0.294. The fourth-order valence-corrected chi connectivity index (χ4v) is 2.69. The van der Waals surface area contributed by atoms with Gasteiger partial charge in [-0.1, -0.05) is 30.7 Å². The lowest BCUT2D eigenvalue weighted by Crippen LogP contribution is -2.23. The van der Waals surface area contributed by atoms with Crippen molar-refractivity contribution in [1.29, 1.82) is 0 Å². The Morgan fingerprint density at radius 1 is 1.28 bits per heavy atom. The second-order valence-electron chi connectivity index (χ2n) is 4.16. The van der Waals surface area contributed by atoms with Crippen molar-refractivity contribution in [3.8, 4) is 0 Å². The molecule has 0 aliphatic carbocycles. The molecule has 0 bridgehead atoms. The van der Waals surface area contributed by atoms with E-state index in [1.165, 1.54) is 5.56 Å². The highest BCUT2D eigenvalue weighted by atomic mass is 35.5. The van der Waals surface area contributed by atoms with E-state index in [1.807, 2.05) is 23.9 Å². The summed E-state index contributed by atoms with van der Waals surface area (Å²) in [7, 11) is 0. The summed E-state index contributed by atoms with van der Waals surface area (Å²) in [5, 5.41) is 13.0. The smallest absolute Gasteiger partial charge is 0.0438 e. The predicted octanol–water partition coefficient (Wildman–Crippen LogP) is 3.50. The van der Waals surface area contributed by atoms with Crippen molar-refractivity contribution in [2.75, 3.05) is 24.7 Å². The molecule has 0 amide bonds. The molecule has 1 aromatic carbocycles. The van der Waals surface area contributed by atoms with E-state index in [0.29, 0.717) is 12.6 Å². The van der Waals surface area contributed by atoms with E-state index in [1.54, 1.807) is 0 Å². The Balaban J connectivity index is 2.27. The Morgan fingerprint density at radius 3 is 2.61 bits per heavy atom. The van der Waals surface area contributed by atoms with Crippen LogP contribution in [0, 0.1) is 0 Å². The number of hydrogen-bond donors (Lipinski definition) is 2. The molecule has 102 valence electrons. The van der Waals surface area contributed by atoms with Crippen LogP contribution in [0.25, 0.3) is 0 Å². The summed E-state index contributed by atoms with van der Waals surface area (Å²) >= 11 is 7.78. The summed E-state index contributed by atoms with van der Waals surface area (Å²) in [4.78, 5) is 0. The third-order valence-electron chi connectivity index (χ3n) is 2.76. The Bertz CT molecular complexity index is 318. The molecule has 0 fully saturated rings. The Morgan fingerprint density at radius 2 is 2.00 bits per heavy atom. The van der Waals surface area contributed by atoms with Crippen LogP contribution in [0.3, 0.4) is 0 Å². The maximum Gasteiger partial charge on any atom is 0.0438 e. The Labute approximate surface area is 119 Å². The molecular weight excluding hydrogens is 266 g/mol. The van der Waals surface area contributed by atoms with Crippen molar-refractivity contribution >= 4 is 23.4 Å². The number of aliphatic hydroxyl groups excluding tert-OH is 1. The van der Waals surface area contributed by atoms with Gasteiger partial charge >= 0.3 is 0 Å². The van der Waals surface area contributed by atoms with Crippen molar-refractivity contribution in [2.24, 2.45) is 0 Å². The van der Waals surface area contributed by atoms with Crippen LogP contribution in [0.15, 0.2) is 24.3 Å². The number of aliphatic hydroxyl groups is 1. The van der Waals surface area contributed by atoms with E-state index in [2.05, 4.69) is 24.4 Å². The van der Waals surface area contributed by atoms with Crippen LogP contribution < -0.4 is 5.32 Å². The van der Waals surface area contributed by atoms with Gasteiger partial charge in [0.05, 0.1) is 0 Å². The molecular formula is C14H22ClNOS. The first-order valence-corrected chi connectivity index (χ1v) is 7.98. The van der Waals surface area contributed by atoms with Gasteiger partial charge in [-0.05, 0) is 36.3 Å². The van der Waals surface area contributed by atoms with Crippen LogP contribution >= 0.6 is 23.4 Å². The van der Waals surface area contributed by atoms with E-state index in [9.17, 15) is 0 Å². The van der Waals surface area contributed by atoms with Crippen molar-refractivity contribution in [3.63, 3.8) is 0 Å². The maximum atomic E-state index is 8.68. The van der Waals surface area contributed by atoms with Gasteiger partial charge in [0.2, 0.25) is 0 Å². The van der Waals surface area contributed by atoms with Gasteiger partial charge in [-0.25, -0.2) is 0 Å². The van der Waals surface area contributed by atoms with Crippen molar-refractivity contribution in [2.45, 2.75) is 25.8 Å². The first-order valence-electron chi connectivity index (χ1n) is 6.45. The van der Waals surface area contributed by atoms with E-state index >= 15 is 0 Å². The number of nitrogens with one attached hydrogen (secondary N) is 1. The summed E-state index contributed by atoms with van der Waals surface area (Å²) in [6.07, 6.45) is 1.96. The quantitative estimate of drug-likeness (QED) is 0.682. The molecule has 0 aromatic heterocycles. The second kappa shape index (κ2) is 9.68. The lowest BCUT2D eigenvalue weighted by Gasteiger charge is -2.17. The maximum absolute atomic E-state index is 8.68. The summed E-state index contributed by atoms with van der Waals surface area (Å²) < 4.78 is 0. The SMILES string of the molecule is CCC(NCCSCCCO)c1ccc(Cl)cc1. The zero-order valence-electron chi connectivity index (χ0n) is 10.9. The highest BCUT2D eigenvalue weighted by Gasteiger charge is 2.07. The molecule has 0 aliphatic rings. The minimum atomic E-state index is 0.294. The minimum Gasteiger partial charge on any atom is -0.396 e. The van der Waals surface area contributed by atoms with Gasteiger partial charge in [0.25, 0.3) is 0 Å². The molecule has 0 spiro atoms. The first kappa shape index (κ1) is 15.8. The number of rotatable bonds is 9. The van der Waals surface area contributed by atoms with Gasteiger partial charge in [0.15, 0.2) is 0 Å². The van der Waals surface area contributed by atoms with Gasteiger partial charge in [-0.15, -0.1) is 0 Å². The number of benzene rings is 1. The van der Waals surface area contributed by atoms with E-state index in [0.717, 1.165) is 35.9 Å². The van der Waals surface area contributed by atoms with Crippen LogP contribution in [0.1, 0.15) is 31.4 Å². The molecule has 2 N–H and O–H groups in total. The van der Waals surface area contributed by atoms with Crippen LogP contribution in [0.2, 0.25) is 5.02 Å². The molecule has 1 atom stereocenters. The van der Waals surface area contributed by atoms with Crippen molar-refractivity contribution in [1.82, 2.24) is 5.32 Å². The summed E-state index contributed by atoms with van der Waals surface area (Å²) in [6.45, 7) is 3.48. The van der Waals surface area contributed by atoms with Crippen LogP contribution in [-0.4, -0.2) is 29.8 Å². The fraction of sp³-hybridized carbons (Fsp3) is 0.571. The molecule has 0 saturated heterocycles. The van der Waals surface area contributed by atoms with Crippen molar-refractivity contribution < 1.29 is 5.11 Å². The second-order valence-corrected chi connectivity index (χ2v) is 5.82. The molecule has 0 aliphatic heterocycles. The van der Waals surface area contributed by atoms with E-state index in [-0.39, 0.29) is 0 Å². The molecule has 1 aromatic rings. The molecule has 18 heavy (non-hydrogen) atoms. The van der Waals surface area contributed by atoms with Gasteiger partial charge in [-0.2, -0.15) is 11.8 Å². The monoisotopic (exact) mass is 287 g/mol. The molecule has 0 saturated carbocycles. The van der Waals surface area contributed by atoms with Crippen LogP contribution in [0.4, 0.5) is 0 Å². The molecule has 4 heteroatoms. The molecule has 1 rings (SSSR count). The van der Waals surface area contributed by atoms with Gasteiger partial charge in [-0.3, -0.25) is 0 Å². The van der Waals surface area contributed by atoms with E-state index < -0.39 is 0 Å². The molecule has 2 nitrogen and oxygen atoms in total. The normalized spacial score (nSPS) is 12.6. The fourth-order valence-electron chi connectivity index (χ4n) is 1.77. The van der Waals surface area contributed by atoms with Crippen LogP contribution in [0.5, 0.6) is 0 Å². The molecule has 1 unspecified atom stereocenters. The lowest BCUT2D eigenvalue weighted by molar-refractivity contribution is 0.296. The van der Waals surface area contributed by atoms with Crippen LogP contribution in [-0.2, 0) is 0 Å². The first-order chi connectivity index (χ1) is 8.77. The Kier molecular flexibility index (Phi) is 8.51. The van der Waals surface area contributed by atoms with E-state index in [4.69, 9.17) is 16.7 Å². The topological polar surface area (TPSA) is 32.3 Å².